The predicted octanol–water partition coefficient (Wildman–Crippen LogP) is 3.36. The van der Waals surface area contributed by atoms with Gasteiger partial charge in [-0.15, -0.1) is 0 Å². The molecule has 1 atom stereocenters. The molecule has 3 rings (SSSR count). The quantitative estimate of drug-likeness (QED) is 0.741. The molecule has 130 valence electrons. The molecule has 1 N–H and O–H groups in total. The molecule has 1 aromatic heterocycles. The number of rotatable bonds is 6. The first kappa shape index (κ1) is 17.0. The average molecular weight is 349 g/mol. The monoisotopic (exact) mass is 349 g/mol. The van der Waals surface area contributed by atoms with Gasteiger partial charge in [0.05, 0.1) is 6.54 Å². The predicted molar refractivity (Wildman–Crippen MR) is 82.8 cm³/mol. The Morgan fingerprint density at radius 1 is 1.04 bits per heavy atom. The van der Waals surface area contributed by atoms with E-state index in [0.717, 1.165) is 4.68 Å². The van der Waals surface area contributed by atoms with Crippen molar-refractivity contribution in [3.05, 3.63) is 72.6 Å². The number of ether oxygens (including phenoxy) is 1. The van der Waals surface area contributed by atoms with Crippen molar-refractivity contribution in [3.63, 3.8) is 0 Å². The van der Waals surface area contributed by atoms with Crippen LogP contribution in [0.1, 0.15) is 5.56 Å². The van der Waals surface area contributed by atoms with Crippen molar-refractivity contribution in [3.8, 4) is 11.5 Å². The Morgan fingerprint density at radius 2 is 1.64 bits per heavy atom. The molecule has 25 heavy (non-hydrogen) atoms. The van der Waals surface area contributed by atoms with Gasteiger partial charge in [0.1, 0.15) is 30.0 Å². The Morgan fingerprint density at radius 3 is 2.16 bits per heavy atom. The molecule has 0 saturated heterocycles. The van der Waals surface area contributed by atoms with Gasteiger partial charge >= 0.3 is 0 Å². The molecular weight excluding hydrogens is 335 g/mol. The molecule has 0 amide bonds. The summed E-state index contributed by atoms with van der Waals surface area (Å²) < 4.78 is 46.4. The maximum Gasteiger partial charge on any atom is 0.272 e. The fourth-order valence-corrected chi connectivity index (χ4v) is 2.30. The third-order valence-electron chi connectivity index (χ3n) is 3.63. The number of hydrogen-bond donors (Lipinski definition) is 1. The second-order valence-electron chi connectivity index (χ2n) is 5.40. The van der Waals surface area contributed by atoms with Crippen molar-refractivity contribution in [2.24, 2.45) is 0 Å². The minimum Gasteiger partial charge on any atom is -0.457 e. The summed E-state index contributed by atoms with van der Waals surface area (Å²) in [5.74, 6) is 0.381. The van der Waals surface area contributed by atoms with E-state index in [2.05, 4.69) is 10.1 Å². The van der Waals surface area contributed by atoms with Gasteiger partial charge in [0, 0.05) is 0 Å². The zero-order valence-corrected chi connectivity index (χ0v) is 12.9. The maximum absolute atomic E-state index is 13.5. The summed E-state index contributed by atoms with van der Waals surface area (Å²) in [5.41, 5.74) is -2.40. The SMILES string of the molecule is OC(Cn1cncn1)(c1ccc(Oc2ccc(F)cc2)cc1)C(F)F. The van der Waals surface area contributed by atoms with Crippen molar-refractivity contribution in [1.29, 1.82) is 0 Å². The Bertz CT molecular complexity index is 808. The summed E-state index contributed by atoms with van der Waals surface area (Å²) in [6, 6.07) is 11.0. The minimum absolute atomic E-state index is 0.0180. The van der Waals surface area contributed by atoms with Crippen LogP contribution in [0.5, 0.6) is 11.5 Å². The van der Waals surface area contributed by atoms with Crippen molar-refractivity contribution < 1.29 is 23.0 Å². The Hall–Kier alpha value is -2.87. The third-order valence-corrected chi connectivity index (χ3v) is 3.63. The van der Waals surface area contributed by atoms with Crippen LogP contribution in [0.3, 0.4) is 0 Å². The molecule has 1 heterocycles. The van der Waals surface area contributed by atoms with Crippen LogP contribution < -0.4 is 4.74 Å². The highest BCUT2D eigenvalue weighted by Gasteiger charge is 2.40. The van der Waals surface area contributed by atoms with E-state index < -0.39 is 24.4 Å². The second-order valence-corrected chi connectivity index (χ2v) is 5.40. The lowest BCUT2D eigenvalue weighted by Gasteiger charge is -2.27. The van der Waals surface area contributed by atoms with E-state index in [9.17, 15) is 18.3 Å². The Labute approximate surface area is 141 Å². The van der Waals surface area contributed by atoms with Crippen LogP contribution in [0, 0.1) is 5.82 Å². The zero-order chi connectivity index (χ0) is 17.9. The Balaban J connectivity index is 1.80. The number of aromatic nitrogens is 3. The van der Waals surface area contributed by atoms with E-state index >= 15 is 0 Å². The lowest BCUT2D eigenvalue weighted by atomic mass is 9.94. The summed E-state index contributed by atoms with van der Waals surface area (Å²) >= 11 is 0. The molecule has 0 saturated carbocycles. The van der Waals surface area contributed by atoms with Crippen LogP contribution >= 0.6 is 0 Å². The normalized spacial score (nSPS) is 13.6. The number of hydrogen-bond acceptors (Lipinski definition) is 4. The average Bonchev–Trinajstić information content (AvgIpc) is 3.10. The molecule has 0 fully saturated rings. The third kappa shape index (κ3) is 3.80. The molecule has 0 radical (unpaired) electrons. The lowest BCUT2D eigenvalue weighted by Crippen LogP contribution is -2.39. The fraction of sp³-hybridized carbons (Fsp3) is 0.176. The van der Waals surface area contributed by atoms with E-state index in [-0.39, 0.29) is 5.56 Å². The summed E-state index contributed by atoms with van der Waals surface area (Å²) in [4.78, 5) is 3.68. The highest BCUT2D eigenvalue weighted by molar-refractivity contribution is 5.35. The van der Waals surface area contributed by atoms with Crippen molar-refractivity contribution in [1.82, 2.24) is 14.8 Å². The molecule has 2 aromatic carbocycles. The highest BCUT2D eigenvalue weighted by atomic mass is 19.3. The molecule has 0 bridgehead atoms. The number of nitrogens with zero attached hydrogens (tertiary/aromatic N) is 3. The number of aliphatic hydroxyl groups is 1. The summed E-state index contributed by atoms with van der Waals surface area (Å²) in [7, 11) is 0. The molecule has 0 spiro atoms. The maximum atomic E-state index is 13.5. The van der Waals surface area contributed by atoms with E-state index in [1.807, 2.05) is 0 Å². The number of alkyl halides is 2. The van der Waals surface area contributed by atoms with Crippen LogP contribution in [0.15, 0.2) is 61.2 Å². The van der Waals surface area contributed by atoms with Gasteiger partial charge in [0.2, 0.25) is 0 Å². The fourth-order valence-electron chi connectivity index (χ4n) is 2.30. The molecule has 0 aliphatic rings. The molecule has 8 heteroatoms. The summed E-state index contributed by atoms with van der Waals surface area (Å²) in [6.45, 7) is -0.442. The van der Waals surface area contributed by atoms with Gasteiger partial charge in [-0.3, -0.25) is 0 Å². The van der Waals surface area contributed by atoms with Crippen LogP contribution in [-0.2, 0) is 12.1 Å². The topological polar surface area (TPSA) is 60.2 Å². The van der Waals surface area contributed by atoms with Crippen LogP contribution in [0.4, 0.5) is 13.2 Å². The summed E-state index contributed by atoms with van der Waals surface area (Å²) in [5, 5.41) is 14.2. The van der Waals surface area contributed by atoms with Gasteiger partial charge in [0.25, 0.3) is 6.43 Å². The number of benzene rings is 2. The first-order valence-corrected chi connectivity index (χ1v) is 7.34. The van der Waals surface area contributed by atoms with E-state index in [1.54, 1.807) is 0 Å². The van der Waals surface area contributed by atoms with E-state index in [4.69, 9.17) is 4.74 Å². The minimum atomic E-state index is -3.03. The standard InChI is InChI=1S/C17H14F3N3O2/c18-13-3-7-15(8-4-13)25-14-5-1-12(2-6-14)17(24,16(19)20)9-23-11-21-10-22-23/h1-8,10-11,16,24H,9H2. The van der Waals surface area contributed by atoms with Gasteiger partial charge in [-0.2, -0.15) is 5.10 Å². The van der Waals surface area contributed by atoms with Gasteiger partial charge < -0.3 is 9.84 Å². The van der Waals surface area contributed by atoms with E-state index in [1.165, 1.54) is 61.2 Å². The van der Waals surface area contributed by atoms with Gasteiger partial charge in [-0.05, 0) is 42.0 Å². The smallest absolute Gasteiger partial charge is 0.272 e. The highest BCUT2D eigenvalue weighted by Crippen LogP contribution is 2.32. The van der Waals surface area contributed by atoms with Gasteiger partial charge in [-0.1, -0.05) is 12.1 Å². The van der Waals surface area contributed by atoms with Crippen molar-refractivity contribution >= 4 is 0 Å². The number of halogens is 3. The Kier molecular flexibility index (Phi) is 4.71. The van der Waals surface area contributed by atoms with E-state index in [0.29, 0.717) is 11.5 Å². The largest absolute Gasteiger partial charge is 0.457 e. The second kappa shape index (κ2) is 6.94. The van der Waals surface area contributed by atoms with Crippen LogP contribution in [0.25, 0.3) is 0 Å². The molecule has 0 aliphatic heterocycles. The molecular formula is C17H14F3N3O2. The van der Waals surface area contributed by atoms with Crippen molar-refractivity contribution in [2.75, 3.05) is 0 Å². The molecule has 1 unspecified atom stereocenters. The molecule has 5 nitrogen and oxygen atoms in total. The first-order chi connectivity index (χ1) is 12.0. The van der Waals surface area contributed by atoms with Gasteiger partial charge in [0.15, 0.2) is 5.60 Å². The molecule has 3 aromatic rings. The van der Waals surface area contributed by atoms with Crippen LogP contribution in [0.2, 0.25) is 0 Å². The van der Waals surface area contributed by atoms with Crippen LogP contribution in [-0.4, -0.2) is 26.3 Å². The first-order valence-electron chi connectivity index (χ1n) is 7.34. The van der Waals surface area contributed by atoms with Gasteiger partial charge in [-0.25, -0.2) is 22.8 Å². The zero-order valence-electron chi connectivity index (χ0n) is 12.9. The summed E-state index contributed by atoms with van der Waals surface area (Å²) in [6.07, 6.45) is -0.578. The lowest BCUT2D eigenvalue weighted by molar-refractivity contribution is -0.114. The van der Waals surface area contributed by atoms with Crippen molar-refractivity contribution in [2.45, 2.75) is 18.6 Å². The molecule has 0 aliphatic carbocycles.